The van der Waals surface area contributed by atoms with E-state index in [0.29, 0.717) is 13.0 Å². The van der Waals surface area contributed by atoms with Crippen LogP contribution in [0.15, 0.2) is 40.7 Å². The van der Waals surface area contributed by atoms with E-state index in [-0.39, 0.29) is 11.8 Å². The summed E-state index contributed by atoms with van der Waals surface area (Å²) in [5, 5.41) is 17.0. The molecule has 0 saturated carbocycles. The van der Waals surface area contributed by atoms with Crippen LogP contribution in [0.2, 0.25) is 0 Å². The summed E-state index contributed by atoms with van der Waals surface area (Å²) in [5.74, 6) is -1.01. The van der Waals surface area contributed by atoms with Gasteiger partial charge in [-0.1, -0.05) is 18.2 Å². The van der Waals surface area contributed by atoms with Crippen LogP contribution in [-0.2, 0) is 9.53 Å². The molecule has 0 bridgehead atoms. The third-order valence-electron chi connectivity index (χ3n) is 3.18. The van der Waals surface area contributed by atoms with Gasteiger partial charge in [-0.25, -0.2) is 4.79 Å². The summed E-state index contributed by atoms with van der Waals surface area (Å²) in [4.78, 5) is 11.2. The van der Waals surface area contributed by atoms with Gasteiger partial charge in [0.05, 0.1) is 5.10 Å². The molecule has 1 aliphatic rings. The molecule has 0 amide bonds. The van der Waals surface area contributed by atoms with Gasteiger partial charge in [0.2, 0.25) is 0 Å². The molecule has 20 heavy (non-hydrogen) atoms. The predicted molar refractivity (Wildman–Crippen MR) is 73.4 cm³/mol. The summed E-state index contributed by atoms with van der Waals surface area (Å²) >= 11 is 0. The SMILES string of the molecule is COCCCCC1C(C(=O)O)=NN=[N+]1c1ccccc1. The number of carboxylic acid groups (broad SMARTS) is 1. The van der Waals surface area contributed by atoms with Gasteiger partial charge < -0.3 is 9.84 Å². The molecule has 0 fully saturated rings. The maximum atomic E-state index is 11.2. The molecular weight excluding hydrogens is 258 g/mol. The van der Waals surface area contributed by atoms with Gasteiger partial charge in [-0.2, -0.15) is 0 Å². The van der Waals surface area contributed by atoms with Crippen molar-refractivity contribution >= 4 is 17.4 Å². The van der Waals surface area contributed by atoms with Gasteiger partial charge in [-0.05, 0) is 31.4 Å². The van der Waals surface area contributed by atoms with Crippen molar-refractivity contribution in [3.63, 3.8) is 0 Å². The minimum atomic E-state index is -1.01. The van der Waals surface area contributed by atoms with Crippen molar-refractivity contribution in [2.24, 2.45) is 10.3 Å². The number of aliphatic carboxylic acids is 1. The molecule has 1 unspecified atom stereocenters. The Kier molecular flexibility index (Phi) is 4.95. The standard InChI is InChI=1S/C14H17N3O3/c1-20-10-6-5-9-12-13(14(18)19)15-16-17(12)11-7-3-2-4-8-11/h2-4,7-8,12H,5-6,9-10H2,1H3/p+1. The molecule has 0 radical (unpaired) electrons. The van der Waals surface area contributed by atoms with Crippen molar-refractivity contribution in [3.8, 4) is 0 Å². The maximum absolute atomic E-state index is 11.2. The quantitative estimate of drug-likeness (QED) is 0.614. The number of para-hydroxylation sites is 1. The van der Waals surface area contributed by atoms with E-state index < -0.39 is 5.97 Å². The Balaban J connectivity index is 2.10. The molecule has 0 saturated heterocycles. The van der Waals surface area contributed by atoms with Gasteiger partial charge in [0.1, 0.15) is 5.22 Å². The second-order valence-corrected chi connectivity index (χ2v) is 4.56. The molecular formula is C14H18N3O3+. The monoisotopic (exact) mass is 276 g/mol. The molecule has 1 aromatic rings. The number of carboxylic acids is 1. The number of hydrogen-bond acceptors (Lipinski definition) is 4. The van der Waals surface area contributed by atoms with Crippen LogP contribution in [0.5, 0.6) is 0 Å². The van der Waals surface area contributed by atoms with E-state index in [4.69, 9.17) is 4.74 Å². The molecule has 0 spiro atoms. The van der Waals surface area contributed by atoms with E-state index >= 15 is 0 Å². The van der Waals surface area contributed by atoms with Crippen LogP contribution in [0, 0.1) is 0 Å². The molecule has 1 heterocycles. The zero-order valence-corrected chi connectivity index (χ0v) is 11.4. The minimum absolute atomic E-state index is 0.103. The lowest BCUT2D eigenvalue weighted by Crippen LogP contribution is -2.32. The van der Waals surface area contributed by atoms with Gasteiger partial charge in [0, 0.05) is 13.7 Å². The first-order chi connectivity index (χ1) is 9.74. The van der Waals surface area contributed by atoms with Crippen molar-refractivity contribution in [1.82, 2.24) is 0 Å². The van der Waals surface area contributed by atoms with Gasteiger partial charge in [0.25, 0.3) is 0 Å². The molecule has 1 atom stereocenters. The van der Waals surface area contributed by atoms with Crippen LogP contribution in [0.4, 0.5) is 5.69 Å². The summed E-state index contributed by atoms with van der Waals surface area (Å²) in [6.45, 7) is 0.675. The average Bonchev–Trinajstić information content (AvgIpc) is 2.88. The predicted octanol–water partition coefficient (Wildman–Crippen LogP) is 2.42. The number of methoxy groups -OCH3 is 1. The minimum Gasteiger partial charge on any atom is -0.475 e. The number of nitrogens with zero attached hydrogens (tertiary/aromatic N) is 3. The number of hydrogen-bond donors (Lipinski definition) is 1. The fraction of sp³-hybridized carbons (Fsp3) is 0.429. The van der Waals surface area contributed by atoms with Gasteiger partial charge in [0.15, 0.2) is 11.7 Å². The maximum Gasteiger partial charge on any atom is 0.383 e. The zero-order valence-electron chi connectivity index (χ0n) is 11.4. The number of ether oxygens (including phenoxy) is 1. The first-order valence-corrected chi connectivity index (χ1v) is 6.59. The van der Waals surface area contributed by atoms with Crippen molar-refractivity contribution in [2.45, 2.75) is 25.3 Å². The normalized spacial score (nSPS) is 17.8. The van der Waals surface area contributed by atoms with Gasteiger partial charge in [-0.3, -0.25) is 0 Å². The second-order valence-electron chi connectivity index (χ2n) is 4.56. The Morgan fingerprint density at radius 3 is 2.75 bits per heavy atom. The number of benzene rings is 1. The van der Waals surface area contributed by atoms with Crippen LogP contribution in [0.1, 0.15) is 19.3 Å². The lowest BCUT2D eigenvalue weighted by molar-refractivity contribution is -0.529. The number of unbranched alkanes of at least 4 members (excludes halogenated alkanes) is 1. The van der Waals surface area contributed by atoms with Crippen molar-refractivity contribution in [2.75, 3.05) is 13.7 Å². The summed E-state index contributed by atoms with van der Waals surface area (Å²) in [5.41, 5.74) is 0.954. The highest BCUT2D eigenvalue weighted by molar-refractivity contribution is 6.37. The van der Waals surface area contributed by atoms with E-state index in [9.17, 15) is 9.90 Å². The molecule has 0 aliphatic carbocycles. The van der Waals surface area contributed by atoms with Gasteiger partial charge >= 0.3 is 11.7 Å². The van der Waals surface area contributed by atoms with E-state index in [2.05, 4.69) is 10.3 Å². The van der Waals surface area contributed by atoms with E-state index in [1.165, 1.54) is 0 Å². The summed E-state index contributed by atoms with van der Waals surface area (Å²) in [6.07, 6.45) is 2.44. The van der Waals surface area contributed by atoms with Crippen LogP contribution >= 0.6 is 0 Å². The first kappa shape index (κ1) is 14.3. The van der Waals surface area contributed by atoms with E-state index in [1.807, 2.05) is 30.3 Å². The molecule has 1 aromatic carbocycles. The van der Waals surface area contributed by atoms with Crippen LogP contribution < -0.4 is 0 Å². The third-order valence-corrected chi connectivity index (χ3v) is 3.18. The third kappa shape index (κ3) is 3.27. The van der Waals surface area contributed by atoms with Crippen LogP contribution in [0.3, 0.4) is 0 Å². The molecule has 6 heteroatoms. The van der Waals surface area contributed by atoms with E-state index in [0.717, 1.165) is 18.5 Å². The molecule has 0 aromatic heterocycles. The average molecular weight is 276 g/mol. The molecule has 2 rings (SSSR count). The van der Waals surface area contributed by atoms with Gasteiger partial charge in [-0.15, -0.1) is 4.70 Å². The number of carbonyl (C=O) groups is 1. The molecule has 106 valence electrons. The Morgan fingerprint density at radius 2 is 2.10 bits per heavy atom. The highest BCUT2D eigenvalue weighted by atomic mass is 16.5. The van der Waals surface area contributed by atoms with Crippen LogP contribution in [-0.4, -0.2) is 41.2 Å². The van der Waals surface area contributed by atoms with E-state index in [1.54, 1.807) is 11.8 Å². The highest BCUT2D eigenvalue weighted by Crippen LogP contribution is 2.23. The summed E-state index contributed by atoms with van der Waals surface area (Å²) < 4.78 is 6.69. The smallest absolute Gasteiger partial charge is 0.383 e. The fourth-order valence-electron chi connectivity index (χ4n) is 2.18. The van der Waals surface area contributed by atoms with Crippen molar-refractivity contribution in [1.29, 1.82) is 0 Å². The van der Waals surface area contributed by atoms with Crippen molar-refractivity contribution < 1.29 is 19.3 Å². The fourth-order valence-corrected chi connectivity index (χ4v) is 2.18. The zero-order chi connectivity index (χ0) is 14.4. The molecule has 1 aliphatic heterocycles. The lowest BCUT2D eigenvalue weighted by atomic mass is 10.0. The first-order valence-electron chi connectivity index (χ1n) is 6.59. The molecule has 6 nitrogen and oxygen atoms in total. The van der Waals surface area contributed by atoms with Crippen LogP contribution in [0.25, 0.3) is 0 Å². The number of rotatable bonds is 7. The Labute approximate surface area is 117 Å². The highest BCUT2D eigenvalue weighted by Gasteiger charge is 2.40. The Bertz CT molecular complexity index is 526. The Morgan fingerprint density at radius 1 is 1.35 bits per heavy atom. The largest absolute Gasteiger partial charge is 0.475 e. The lowest BCUT2D eigenvalue weighted by Gasteiger charge is -2.09. The molecule has 1 N–H and O–H groups in total. The topological polar surface area (TPSA) is 74.3 Å². The second kappa shape index (κ2) is 6.91. The Hall–Kier alpha value is -2.08. The van der Waals surface area contributed by atoms with Crippen molar-refractivity contribution in [3.05, 3.63) is 30.3 Å². The summed E-state index contributed by atoms with van der Waals surface area (Å²) in [6, 6.07) is 9.17. The summed E-state index contributed by atoms with van der Waals surface area (Å²) in [7, 11) is 1.66.